The number of hydrogen-bond donors (Lipinski definition) is 1. The third kappa shape index (κ3) is 3.47. The van der Waals surface area contributed by atoms with Gasteiger partial charge in [-0.15, -0.1) is 0 Å². The number of hydrogen-bond acceptors (Lipinski definition) is 1. The Labute approximate surface area is 127 Å². The third-order valence-corrected chi connectivity index (χ3v) is 3.97. The minimum absolute atomic E-state index is 0.342. The number of halogens is 2. The average molecular weight is 337 g/mol. The van der Waals surface area contributed by atoms with Crippen LogP contribution in [0.5, 0.6) is 0 Å². The lowest BCUT2D eigenvalue weighted by Gasteiger charge is -2.16. The molecule has 0 radical (unpaired) electrons. The van der Waals surface area contributed by atoms with E-state index in [-0.39, 0.29) is 5.82 Å². The van der Waals surface area contributed by atoms with Crippen LogP contribution in [-0.4, -0.2) is 5.11 Å². The highest BCUT2D eigenvalue weighted by Gasteiger charge is 2.14. The maximum Gasteiger partial charge on any atom is 0.124 e. The van der Waals surface area contributed by atoms with Crippen molar-refractivity contribution in [3.8, 4) is 0 Å². The van der Waals surface area contributed by atoms with Crippen LogP contribution in [0.1, 0.15) is 33.9 Å². The van der Waals surface area contributed by atoms with Crippen molar-refractivity contribution in [2.45, 2.75) is 33.3 Å². The molecule has 0 spiro atoms. The van der Waals surface area contributed by atoms with Gasteiger partial charge in [0.2, 0.25) is 0 Å². The molecule has 2 aromatic rings. The van der Waals surface area contributed by atoms with Gasteiger partial charge < -0.3 is 5.11 Å². The van der Waals surface area contributed by atoms with E-state index < -0.39 is 6.10 Å². The van der Waals surface area contributed by atoms with Crippen LogP contribution in [0, 0.1) is 26.6 Å². The maximum atomic E-state index is 13.4. The Bertz CT molecular complexity index is 594. The van der Waals surface area contributed by atoms with Crippen molar-refractivity contribution >= 4 is 15.9 Å². The van der Waals surface area contributed by atoms with Gasteiger partial charge in [0, 0.05) is 10.9 Å². The standard InChI is InChI=1S/C17H18BrFO/c1-10-4-11(2)16(12(3)5-10)9-17(20)13-6-14(18)8-15(19)7-13/h4-8,17,20H,9H2,1-3H3. The molecule has 0 amide bonds. The highest BCUT2D eigenvalue weighted by Crippen LogP contribution is 2.26. The van der Waals surface area contributed by atoms with Gasteiger partial charge in [0.1, 0.15) is 5.82 Å². The van der Waals surface area contributed by atoms with Gasteiger partial charge >= 0.3 is 0 Å². The Morgan fingerprint density at radius 1 is 1.05 bits per heavy atom. The van der Waals surface area contributed by atoms with Crippen molar-refractivity contribution in [2.24, 2.45) is 0 Å². The minimum atomic E-state index is -0.706. The molecule has 2 aromatic carbocycles. The fraction of sp³-hybridized carbons (Fsp3) is 0.294. The van der Waals surface area contributed by atoms with E-state index >= 15 is 0 Å². The molecule has 0 aliphatic heterocycles. The molecule has 0 fully saturated rings. The Kier molecular flexibility index (Phi) is 4.61. The molecular weight excluding hydrogens is 319 g/mol. The summed E-state index contributed by atoms with van der Waals surface area (Å²) < 4.78 is 14.0. The number of rotatable bonds is 3. The predicted octanol–water partition coefficient (Wildman–Crippen LogP) is 4.79. The normalized spacial score (nSPS) is 12.5. The van der Waals surface area contributed by atoms with Crippen molar-refractivity contribution < 1.29 is 9.50 Å². The number of benzene rings is 2. The molecule has 0 aliphatic rings. The summed E-state index contributed by atoms with van der Waals surface area (Å²) in [6.07, 6.45) is -0.212. The first kappa shape index (κ1) is 15.2. The second-order valence-corrected chi connectivity index (χ2v) is 6.22. The van der Waals surface area contributed by atoms with E-state index in [2.05, 4.69) is 35.0 Å². The zero-order chi connectivity index (χ0) is 14.9. The summed E-state index contributed by atoms with van der Waals surface area (Å²) in [5.74, 6) is -0.342. The lowest BCUT2D eigenvalue weighted by atomic mass is 9.93. The largest absolute Gasteiger partial charge is 0.388 e. The summed E-state index contributed by atoms with van der Waals surface area (Å²) in [5.41, 5.74) is 5.26. The van der Waals surface area contributed by atoms with Crippen LogP contribution < -0.4 is 0 Å². The van der Waals surface area contributed by atoms with Crippen LogP contribution in [-0.2, 0) is 6.42 Å². The molecule has 0 aromatic heterocycles. The smallest absolute Gasteiger partial charge is 0.124 e. The highest BCUT2D eigenvalue weighted by molar-refractivity contribution is 9.10. The van der Waals surface area contributed by atoms with Gasteiger partial charge in [0.15, 0.2) is 0 Å². The summed E-state index contributed by atoms with van der Waals surface area (Å²) in [7, 11) is 0. The molecule has 106 valence electrons. The van der Waals surface area contributed by atoms with Gasteiger partial charge in [0.05, 0.1) is 6.10 Å². The third-order valence-electron chi connectivity index (χ3n) is 3.51. The van der Waals surface area contributed by atoms with E-state index in [0.717, 1.165) is 16.7 Å². The van der Waals surface area contributed by atoms with Crippen molar-refractivity contribution in [2.75, 3.05) is 0 Å². The molecule has 20 heavy (non-hydrogen) atoms. The first-order valence-corrected chi connectivity index (χ1v) is 7.37. The Hall–Kier alpha value is -1.19. The van der Waals surface area contributed by atoms with Gasteiger partial charge in [-0.3, -0.25) is 0 Å². The Balaban J connectivity index is 2.30. The van der Waals surface area contributed by atoms with E-state index in [1.165, 1.54) is 17.7 Å². The topological polar surface area (TPSA) is 20.2 Å². The van der Waals surface area contributed by atoms with E-state index in [4.69, 9.17) is 0 Å². The number of aryl methyl sites for hydroxylation is 3. The molecule has 1 nitrogen and oxygen atoms in total. The van der Waals surface area contributed by atoms with Gasteiger partial charge in [-0.1, -0.05) is 33.6 Å². The highest BCUT2D eigenvalue weighted by atomic mass is 79.9. The second-order valence-electron chi connectivity index (χ2n) is 5.30. The summed E-state index contributed by atoms with van der Waals surface area (Å²) in [5, 5.41) is 10.4. The van der Waals surface area contributed by atoms with Crippen molar-refractivity contribution in [3.05, 3.63) is 68.4 Å². The van der Waals surface area contributed by atoms with Gasteiger partial charge in [-0.05, 0) is 61.2 Å². The van der Waals surface area contributed by atoms with Crippen LogP contribution in [0.15, 0.2) is 34.8 Å². The molecule has 2 rings (SSSR count). The zero-order valence-electron chi connectivity index (χ0n) is 11.9. The molecule has 0 aliphatic carbocycles. The second kappa shape index (κ2) is 6.06. The van der Waals surface area contributed by atoms with E-state index in [0.29, 0.717) is 16.5 Å². The molecule has 0 heterocycles. The maximum absolute atomic E-state index is 13.4. The van der Waals surface area contributed by atoms with Crippen molar-refractivity contribution in [1.29, 1.82) is 0 Å². The number of aliphatic hydroxyl groups excluding tert-OH is 1. The van der Waals surface area contributed by atoms with Crippen molar-refractivity contribution in [3.63, 3.8) is 0 Å². The molecular formula is C17H18BrFO. The van der Waals surface area contributed by atoms with Gasteiger partial charge in [-0.2, -0.15) is 0 Å². The molecule has 3 heteroatoms. The first-order valence-electron chi connectivity index (χ1n) is 6.57. The molecule has 0 saturated heterocycles. The molecule has 0 bridgehead atoms. The average Bonchev–Trinajstić information content (AvgIpc) is 2.32. The number of aliphatic hydroxyl groups is 1. The van der Waals surface area contributed by atoms with Gasteiger partial charge in [-0.25, -0.2) is 4.39 Å². The molecule has 0 saturated carbocycles. The van der Waals surface area contributed by atoms with E-state index in [1.54, 1.807) is 6.07 Å². The fourth-order valence-corrected chi connectivity index (χ4v) is 3.09. The molecule has 1 N–H and O–H groups in total. The monoisotopic (exact) mass is 336 g/mol. The van der Waals surface area contributed by atoms with Gasteiger partial charge in [0.25, 0.3) is 0 Å². The van der Waals surface area contributed by atoms with Crippen LogP contribution in [0.3, 0.4) is 0 Å². The fourth-order valence-electron chi connectivity index (χ4n) is 2.61. The van der Waals surface area contributed by atoms with Crippen LogP contribution >= 0.6 is 15.9 Å². The zero-order valence-corrected chi connectivity index (χ0v) is 13.5. The predicted molar refractivity (Wildman–Crippen MR) is 83.4 cm³/mol. The minimum Gasteiger partial charge on any atom is -0.388 e. The quantitative estimate of drug-likeness (QED) is 0.854. The Morgan fingerprint density at radius 3 is 2.20 bits per heavy atom. The van der Waals surface area contributed by atoms with Crippen molar-refractivity contribution in [1.82, 2.24) is 0 Å². The van der Waals surface area contributed by atoms with E-state index in [1.807, 2.05) is 13.8 Å². The summed E-state index contributed by atoms with van der Waals surface area (Å²) in [4.78, 5) is 0. The Morgan fingerprint density at radius 2 is 1.65 bits per heavy atom. The summed E-state index contributed by atoms with van der Waals surface area (Å²) in [6.45, 7) is 6.15. The van der Waals surface area contributed by atoms with Crippen LogP contribution in [0.4, 0.5) is 4.39 Å². The summed E-state index contributed by atoms with van der Waals surface area (Å²) >= 11 is 3.25. The van der Waals surface area contributed by atoms with E-state index in [9.17, 15) is 9.50 Å². The first-order chi connectivity index (χ1) is 9.36. The lowest BCUT2D eigenvalue weighted by Crippen LogP contribution is -2.06. The molecule has 1 atom stereocenters. The van der Waals surface area contributed by atoms with Crippen LogP contribution in [0.25, 0.3) is 0 Å². The lowest BCUT2D eigenvalue weighted by molar-refractivity contribution is 0.177. The SMILES string of the molecule is Cc1cc(C)c(CC(O)c2cc(F)cc(Br)c2)c(C)c1. The summed E-state index contributed by atoms with van der Waals surface area (Å²) in [6, 6.07) is 8.74. The van der Waals surface area contributed by atoms with Crippen LogP contribution in [0.2, 0.25) is 0 Å². The molecule has 1 unspecified atom stereocenters.